The Balaban J connectivity index is 4.83. The summed E-state index contributed by atoms with van der Waals surface area (Å²) in [6, 6.07) is -3.33. The van der Waals surface area contributed by atoms with Gasteiger partial charge in [-0.2, -0.15) is 0 Å². The van der Waals surface area contributed by atoms with Gasteiger partial charge >= 0.3 is 11.9 Å². The molecule has 0 aromatic rings. The normalized spacial score (nSPS) is 15.3. The SMILES string of the molecule is CCCCCCC/C=C/CCCCCCCCCCCC[N+](C(CCC)C(=O)[O-])(C(CCC)C(=O)O)C(CCC)C(=O)O. The number of nitrogens with zero attached hydrogens (tertiary/aromatic N) is 1. The number of hydrogen-bond acceptors (Lipinski definition) is 4. The number of carboxylic acids is 3. The summed E-state index contributed by atoms with van der Waals surface area (Å²) >= 11 is 0. The number of aliphatic carboxylic acids is 3. The van der Waals surface area contributed by atoms with Crippen LogP contribution in [0.25, 0.3) is 0 Å². The standard InChI is InChI=1S/C36H67NO6/c1-5-9-10-11-12-13-14-15-16-17-18-19-20-21-22-23-24-25-26-30-37(31(27-6-2)34(38)39,32(28-7-3)35(40)41)33(29-8-4)36(42)43/h14-15,31-33H,5-13,16-30H2,1-4H3,(H2-,38,39,40,41,42,43)/b15-14+. The molecule has 0 spiro atoms. The molecule has 0 saturated carbocycles. The molecule has 252 valence electrons. The molecule has 0 aromatic carbocycles. The summed E-state index contributed by atoms with van der Waals surface area (Å²) in [5.74, 6) is -3.55. The lowest BCUT2D eigenvalue weighted by Gasteiger charge is -2.52. The first-order valence-electron chi connectivity index (χ1n) is 17.9. The summed E-state index contributed by atoms with van der Waals surface area (Å²) in [6.45, 7) is 8.07. The van der Waals surface area contributed by atoms with Gasteiger partial charge in [0.25, 0.3) is 0 Å². The van der Waals surface area contributed by atoms with E-state index in [1.807, 2.05) is 20.8 Å². The van der Waals surface area contributed by atoms with Crippen LogP contribution in [0.15, 0.2) is 12.2 Å². The molecule has 0 aliphatic rings. The predicted octanol–water partition coefficient (Wildman–Crippen LogP) is 8.44. The van der Waals surface area contributed by atoms with E-state index in [1.54, 1.807) is 0 Å². The van der Waals surface area contributed by atoms with Crippen LogP contribution in [0.5, 0.6) is 0 Å². The first-order chi connectivity index (χ1) is 20.7. The van der Waals surface area contributed by atoms with Crippen LogP contribution in [0, 0.1) is 0 Å². The molecule has 2 N–H and O–H groups in total. The van der Waals surface area contributed by atoms with E-state index in [9.17, 15) is 29.7 Å². The molecule has 0 fully saturated rings. The maximum atomic E-state index is 12.6. The Bertz CT molecular complexity index is 692. The second-order valence-electron chi connectivity index (χ2n) is 12.6. The molecule has 0 aromatic heterocycles. The van der Waals surface area contributed by atoms with E-state index in [-0.39, 0.29) is 25.8 Å². The number of hydrogen-bond donors (Lipinski definition) is 2. The van der Waals surface area contributed by atoms with E-state index in [2.05, 4.69) is 19.1 Å². The summed E-state index contributed by atoms with van der Waals surface area (Å²) in [7, 11) is 0. The molecule has 0 saturated heterocycles. The average Bonchev–Trinajstić information content (AvgIpc) is 2.97. The number of carbonyl (C=O) groups is 3. The first-order valence-corrected chi connectivity index (χ1v) is 17.9. The molecule has 0 bridgehead atoms. The van der Waals surface area contributed by atoms with E-state index < -0.39 is 40.5 Å². The van der Waals surface area contributed by atoms with Crippen molar-refractivity contribution < 1.29 is 34.2 Å². The van der Waals surface area contributed by atoms with Crippen LogP contribution < -0.4 is 5.11 Å². The summed E-state index contributed by atoms with van der Waals surface area (Å²) in [5.41, 5.74) is 0. The quantitative estimate of drug-likeness (QED) is 0.0463. The minimum absolute atomic E-state index is 0.207. The van der Waals surface area contributed by atoms with Gasteiger partial charge in [-0.05, 0) is 51.4 Å². The van der Waals surface area contributed by atoms with Crippen LogP contribution in [-0.4, -0.2) is 57.3 Å². The Morgan fingerprint density at radius 2 is 0.884 bits per heavy atom. The van der Waals surface area contributed by atoms with Gasteiger partial charge in [-0.1, -0.05) is 117 Å². The van der Waals surface area contributed by atoms with Crippen molar-refractivity contribution in [3.8, 4) is 0 Å². The highest BCUT2D eigenvalue weighted by atomic mass is 16.4. The van der Waals surface area contributed by atoms with Gasteiger partial charge < -0.3 is 20.1 Å². The zero-order valence-electron chi connectivity index (χ0n) is 28.3. The summed E-state index contributed by atoms with van der Waals surface area (Å²) in [4.78, 5) is 37.6. The van der Waals surface area contributed by atoms with Gasteiger partial charge in [-0.3, -0.25) is 4.48 Å². The van der Waals surface area contributed by atoms with E-state index in [4.69, 9.17) is 0 Å². The molecule has 0 rings (SSSR count). The smallest absolute Gasteiger partial charge is 0.362 e. The molecule has 0 aliphatic carbocycles. The van der Waals surface area contributed by atoms with Crippen LogP contribution in [0.2, 0.25) is 0 Å². The van der Waals surface area contributed by atoms with Crippen LogP contribution in [0.3, 0.4) is 0 Å². The van der Waals surface area contributed by atoms with E-state index in [0.29, 0.717) is 25.7 Å². The number of rotatable bonds is 31. The van der Waals surface area contributed by atoms with Gasteiger partial charge in [0, 0.05) is 19.3 Å². The second-order valence-corrected chi connectivity index (χ2v) is 12.6. The second kappa shape index (κ2) is 26.5. The number of carbonyl (C=O) groups excluding carboxylic acids is 1. The highest BCUT2D eigenvalue weighted by molar-refractivity contribution is 5.77. The third-order valence-corrected chi connectivity index (χ3v) is 9.08. The maximum absolute atomic E-state index is 12.6. The Labute approximate surface area is 264 Å². The Morgan fingerprint density at radius 3 is 1.23 bits per heavy atom. The minimum Gasteiger partial charge on any atom is -0.544 e. The van der Waals surface area contributed by atoms with Crippen LogP contribution >= 0.6 is 0 Å². The maximum Gasteiger partial charge on any atom is 0.362 e. The minimum atomic E-state index is -1.33. The first kappa shape index (κ1) is 41.1. The highest BCUT2D eigenvalue weighted by Crippen LogP contribution is 2.34. The molecule has 3 unspecified atom stereocenters. The zero-order valence-corrected chi connectivity index (χ0v) is 28.3. The van der Waals surface area contributed by atoms with Crippen molar-refractivity contribution in [1.29, 1.82) is 0 Å². The molecule has 0 aliphatic heterocycles. The average molecular weight is 610 g/mol. The molecule has 7 nitrogen and oxygen atoms in total. The lowest BCUT2D eigenvalue weighted by atomic mass is 9.91. The predicted molar refractivity (Wildman–Crippen MR) is 175 cm³/mol. The molecule has 43 heavy (non-hydrogen) atoms. The lowest BCUT2D eigenvalue weighted by molar-refractivity contribution is -0.975. The molecule has 0 radical (unpaired) electrons. The fourth-order valence-electron chi connectivity index (χ4n) is 6.80. The van der Waals surface area contributed by atoms with Crippen molar-refractivity contribution in [2.75, 3.05) is 6.54 Å². The van der Waals surface area contributed by atoms with Gasteiger partial charge in [0.15, 0.2) is 12.1 Å². The largest absolute Gasteiger partial charge is 0.544 e. The Morgan fingerprint density at radius 1 is 0.535 bits per heavy atom. The number of quaternary nitrogens is 1. The van der Waals surface area contributed by atoms with Gasteiger partial charge in [0.05, 0.1) is 12.5 Å². The molecular formula is C36H67NO6. The summed E-state index contributed by atoms with van der Waals surface area (Å²) < 4.78 is -0.434. The van der Waals surface area contributed by atoms with Crippen molar-refractivity contribution >= 4 is 17.9 Å². The van der Waals surface area contributed by atoms with Crippen LogP contribution in [0.1, 0.15) is 175 Å². The number of allylic oxidation sites excluding steroid dienone is 2. The molecule has 0 heterocycles. The Kier molecular flexibility index (Phi) is 25.3. The molecule has 7 heteroatoms. The number of carboxylic acid groups (broad SMARTS) is 3. The van der Waals surface area contributed by atoms with Crippen molar-refractivity contribution in [3.63, 3.8) is 0 Å². The van der Waals surface area contributed by atoms with Crippen LogP contribution in [-0.2, 0) is 14.4 Å². The highest BCUT2D eigenvalue weighted by Gasteiger charge is 2.54. The number of unbranched alkanes of at least 4 members (excludes halogenated alkanes) is 15. The summed E-state index contributed by atoms with van der Waals surface area (Å²) in [6.07, 6.45) is 27.1. The topological polar surface area (TPSA) is 115 Å². The van der Waals surface area contributed by atoms with Gasteiger partial charge in [0.1, 0.15) is 6.04 Å². The Hall–Kier alpha value is -1.89. The monoisotopic (exact) mass is 609 g/mol. The fourth-order valence-corrected chi connectivity index (χ4v) is 6.80. The van der Waals surface area contributed by atoms with E-state index >= 15 is 0 Å². The van der Waals surface area contributed by atoms with Crippen molar-refractivity contribution in [1.82, 2.24) is 0 Å². The molecule has 0 amide bonds. The lowest BCUT2D eigenvalue weighted by Crippen LogP contribution is -2.74. The van der Waals surface area contributed by atoms with Gasteiger partial charge in [0.2, 0.25) is 0 Å². The third-order valence-electron chi connectivity index (χ3n) is 9.08. The van der Waals surface area contributed by atoms with E-state index in [0.717, 1.165) is 25.7 Å². The van der Waals surface area contributed by atoms with Gasteiger partial charge in [-0.15, -0.1) is 0 Å². The molecule has 3 atom stereocenters. The van der Waals surface area contributed by atoms with Crippen molar-refractivity contribution in [2.24, 2.45) is 0 Å². The fraction of sp³-hybridized carbons (Fsp3) is 0.861. The van der Waals surface area contributed by atoms with Crippen LogP contribution in [0.4, 0.5) is 0 Å². The summed E-state index contributed by atoms with van der Waals surface area (Å²) in [5, 5.41) is 33.0. The molecular weight excluding hydrogens is 542 g/mol. The van der Waals surface area contributed by atoms with E-state index in [1.165, 1.54) is 77.0 Å². The van der Waals surface area contributed by atoms with Gasteiger partial charge in [-0.25, -0.2) is 9.59 Å². The zero-order chi connectivity index (χ0) is 32.3. The van der Waals surface area contributed by atoms with Crippen molar-refractivity contribution in [2.45, 2.75) is 193 Å². The van der Waals surface area contributed by atoms with Crippen molar-refractivity contribution in [3.05, 3.63) is 12.2 Å². The third kappa shape index (κ3) is 16.7.